The first-order chi connectivity index (χ1) is 26.4. The fraction of sp³-hybridized carbons (Fsp3) is 0.279. The minimum Gasteiger partial charge on any atom is -0.508 e. The largest absolute Gasteiger partial charge is 0.508 e. The third kappa shape index (κ3) is 4.95. The molecule has 4 aliphatic rings. The zero-order valence-electron chi connectivity index (χ0n) is 30.6. The lowest BCUT2D eigenvalue weighted by molar-refractivity contribution is -0.131. The molecule has 5 aromatic rings. The number of carbonyl (C=O) groups excluding carboxylic acids is 4. The zero-order chi connectivity index (χ0) is 38.7. The average Bonchev–Trinajstić information content (AvgIpc) is 3.85. The number of halogens is 1. The van der Waals surface area contributed by atoms with E-state index in [0.29, 0.717) is 40.0 Å². The molecule has 9 rings (SSSR count). The molecular weight excluding hydrogens is 736 g/mol. The van der Waals surface area contributed by atoms with Crippen molar-refractivity contribution in [2.75, 3.05) is 16.9 Å². The van der Waals surface area contributed by atoms with E-state index in [1.165, 1.54) is 29.0 Å². The van der Waals surface area contributed by atoms with Gasteiger partial charge in [-0.15, -0.1) is 11.3 Å². The van der Waals surface area contributed by atoms with Gasteiger partial charge in [0.1, 0.15) is 23.0 Å². The summed E-state index contributed by atoms with van der Waals surface area (Å²) in [6, 6.07) is 19.4. The maximum atomic E-state index is 15.2. The van der Waals surface area contributed by atoms with Crippen LogP contribution in [0.25, 0.3) is 26.7 Å². The quantitative estimate of drug-likeness (QED) is 0.137. The van der Waals surface area contributed by atoms with E-state index in [0.717, 1.165) is 31.7 Å². The summed E-state index contributed by atoms with van der Waals surface area (Å²) in [5.41, 5.74) is 3.10. The van der Waals surface area contributed by atoms with Gasteiger partial charge < -0.3 is 9.84 Å². The Kier molecular flexibility index (Phi) is 8.00. The lowest BCUT2D eigenvalue weighted by atomic mass is 9.51. The molecule has 278 valence electrons. The summed E-state index contributed by atoms with van der Waals surface area (Å²) in [7, 11) is 3.21. The highest BCUT2D eigenvalue weighted by molar-refractivity contribution is 7.22. The molecule has 2 aromatic heterocycles. The SMILES string of the molecule is C=Cc1ccc(N2C(=O)[C@H]3[C@H](CC=C4[C@H]3C[C@H]3C(=O)N(c5cc(-c6sc7ccc(Cl)cc7c6C)nn5C)C(=O)[C@@]3(C)[C@H]4c3ccc(O)cc3OC)C2=O)cc1. The number of methoxy groups -OCH3 is 1. The van der Waals surface area contributed by atoms with Crippen LogP contribution in [0, 0.1) is 36.0 Å². The molecule has 1 saturated carbocycles. The maximum absolute atomic E-state index is 15.2. The molecule has 0 unspecified atom stereocenters. The molecule has 1 N–H and O–H groups in total. The van der Waals surface area contributed by atoms with Crippen molar-refractivity contribution in [3.05, 3.63) is 107 Å². The highest BCUT2D eigenvalue weighted by Crippen LogP contribution is 2.64. The number of hydrogen-bond donors (Lipinski definition) is 1. The van der Waals surface area contributed by atoms with E-state index in [9.17, 15) is 19.5 Å². The maximum Gasteiger partial charge on any atom is 0.242 e. The lowest BCUT2D eigenvalue weighted by Crippen LogP contribution is -2.49. The molecule has 2 aliphatic carbocycles. The summed E-state index contributed by atoms with van der Waals surface area (Å²) in [4.78, 5) is 62.1. The number of phenolic OH excluding ortho intramolecular Hbond substituents is 1. The van der Waals surface area contributed by atoms with Gasteiger partial charge >= 0.3 is 0 Å². The number of carbonyl (C=O) groups is 4. The second kappa shape index (κ2) is 12.5. The summed E-state index contributed by atoms with van der Waals surface area (Å²) in [5, 5.41) is 16.9. The minimum absolute atomic E-state index is 0.0151. The zero-order valence-corrected chi connectivity index (χ0v) is 32.1. The number of fused-ring (bicyclic) bond motifs is 5. The summed E-state index contributed by atoms with van der Waals surface area (Å²) < 4.78 is 8.41. The van der Waals surface area contributed by atoms with Crippen molar-refractivity contribution in [3.63, 3.8) is 0 Å². The first-order valence-corrected chi connectivity index (χ1v) is 19.3. The van der Waals surface area contributed by atoms with Crippen LogP contribution < -0.4 is 14.5 Å². The molecular formula is C43H37ClN4O6S. The van der Waals surface area contributed by atoms with Crippen LogP contribution >= 0.6 is 22.9 Å². The predicted molar refractivity (Wildman–Crippen MR) is 212 cm³/mol. The molecule has 3 aromatic carbocycles. The number of aromatic hydroxyl groups is 1. The molecule has 0 spiro atoms. The second-order valence-corrected chi connectivity index (χ2v) is 16.6. The normalized spacial score (nSPS) is 26.0. The van der Waals surface area contributed by atoms with Crippen molar-refractivity contribution in [2.24, 2.45) is 36.1 Å². The van der Waals surface area contributed by atoms with Crippen LogP contribution in [0.5, 0.6) is 11.5 Å². The topological polar surface area (TPSA) is 122 Å². The molecule has 0 radical (unpaired) electrons. The molecule has 4 heterocycles. The molecule has 12 heteroatoms. The Morgan fingerprint density at radius 3 is 2.47 bits per heavy atom. The van der Waals surface area contributed by atoms with Crippen LogP contribution in [-0.2, 0) is 26.2 Å². The number of imide groups is 2. The number of aryl methyl sites for hydroxylation is 2. The van der Waals surface area contributed by atoms with Crippen LogP contribution in [0.3, 0.4) is 0 Å². The van der Waals surface area contributed by atoms with Gasteiger partial charge in [0.2, 0.25) is 23.6 Å². The van der Waals surface area contributed by atoms with E-state index in [4.69, 9.17) is 21.4 Å². The first-order valence-electron chi connectivity index (χ1n) is 18.2. The highest BCUT2D eigenvalue weighted by Gasteiger charge is 2.68. The van der Waals surface area contributed by atoms with E-state index < -0.39 is 40.9 Å². The van der Waals surface area contributed by atoms with Gasteiger partial charge in [0, 0.05) is 40.4 Å². The molecule has 4 amide bonds. The molecule has 2 saturated heterocycles. The molecule has 55 heavy (non-hydrogen) atoms. The Balaban J connectivity index is 1.16. The van der Waals surface area contributed by atoms with Gasteiger partial charge in [0.05, 0.1) is 40.8 Å². The third-order valence-electron chi connectivity index (χ3n) is 12.4. The second-order valence-electron chi connectivity index (χ2n) is 15.1. The van der Waals surface area contributed by atoms with Gasteiger partial charge in [-0.1, -0.05) is 54.1 Å². The molecule has 10 nitrogen and oxygen atoms in total. The van der Waals surface area contributed by atoms with Crippen molar-refractivity contribution in [1.29, 1.82) is 0 Å². The number of ether oxygens (including phenoxy) is 1. The standard InChI is InChI=1S/C43H37ClN4O6S/c1-6-22-7-10-24(11-8-22)47-39(50)28-15-14-26-30(36(28)41(47)52)19-31-40(51)48(42(53)43(31,3)37(26)27-13-12-25(49)18-33(27)54-5)35-20-32(45-46(35)4)38-21(2)29-17-23(44)9-16-34(29)55-38/h6-14,16-18,20,28,30-31,36-37,49H,1,15,19H2,2-5H3/t28-,30+,31-,36-,37+,43+/m0/s1. The van der Waals surface area contributed by atoms with Crippen molar-refractivity contribution in [3.8, 4) is 22.1 Å². The lowest BCUT2D eigenvalue weighted by Gasteiger charge is -2.49. The number of allylic oxidation sites excluding steroid dienone is 2. The van der Waals surface area contributed by atoms with Gasteiger partial charge in [0.15, 0.2) is 0 Å². The number of amides is 4. The van der Waals surface area contributed by atoms with E-state index in [1.807, 2.05) is 50.3 Å². The van der Waals surface area contributed by atoms with Gasteiger partial charge in [-0.25, -0.2) is 4.90 Å². The fourth-order valence-corrected chi connectivity index (χ4v) is 11.1. The van der Waals surface area contributed by atoms with E-state index in [-0.39, 0.29) is 29.9 Å². The monoisotopic (exact) mass is 772 g/mol. The number of aromatic nitrogens is 2. The van der Waals surface area contributed by atoms with Crippen LogP contribution in [0.4, 0.5) is 11.5 Å². The number of nitrogens with zero attached hydrogens (tertiary/aromatic N) is 4. The van der Waals surface area contributed by atoms with E-state index >= 15 is 4.79 Å². The summed E-state index contributed by atoms with van der Waals surface area (Å²) in [6.45, 7) is 7.63. The Labute approximate surface area is 326 Å². The Bertz CT molecular complexity index is 2550. The Hall–Kier alpha value is -5.52. The summed E-state index contributed by atoms with van der Waals surface area (Å²) in [5.74, 6) is -4.12. The van der Waals surface area contributed by atoms with Crippen molar-refractivity contribution in [2.45, 2.75) is 32.6 Å². The predicted octanol–water partition coefficient (Wildman–Crippen LogP) is 8.06. The van der Waals surface area contributed by atoms with Crippen molar-refractivity contribution >= 4 is 74.2 Å². The van der Waals surface area contributed by atoms with Gasteiger partial charge in [0.25, 0.3) is 0 Å². The Morgan fingerprint density at radius 2 is 1.75 bits per heavy atom. The van der Waals surface area contributed by atoms with Crippen LogP contribution in [0.1, 0.15) is 42.4 Å². The first kappa shape index (κ1) is 35.2. The average molecular weight is 773 g/mol. The fourth-order valence-electron chi connectivity index (χ4n) is 9.75. The number of anilines is 2. The number of thiophene rings is 1. The highest BCUT2D eigenvalue weighted by atomic mass is 35.5. The smallest absolute Gasteiger partial charge is 0.242 e. The van der Waals surface area contributed by atoms with Crippen LogP contribution in [0.2, 0.25) is 5.02 Å². The van der Waals surface area contributed by atoms with Crippen LogP contribution in [0.15, 0.2) is 85.0 Å². The van der Waals surface area contributed by atoms with E-state index in [1.54, 1.807) is 53.4 Å². The third-order valence-corrected chi connectivity index (χ3v) is 13.9. The number of hydrogen-bond acceptors (Lipinski definition) is 8. The van der Waals surface area contributed by atoms with Gasteiger partial charge in [-0.2, -0.15) is 5.10 Å². The van der Waals surface area contributed by atoms with Crippen LogP contribution in [-0.4, -0.2) is 45.6 Å². The van der Waals surface area contributed by atoms with Gasteiger partial charge in [-0.05, 0) is 85.5 Å². The molecule has 3 fully saturated rings. The molecule has 6 atom stereocenters. The molecule has 0 bridgehead atoms. The number of rotatable bonds is 6. The van der Waals surface area contributed by atoms with Crippen molar-refractivity contribution in [1.82, 2.24) is 9.78 Å². The number of benzene rings is 3. The van der Waals surface area contributed by atoms with Gasteiger partial charge in [-0.3, -0.25) is 28.8 Å². The number of phenols is 1. The summed E-state index contributed by atoms with van der Waals surface area (Å²) >= 11 is 7.89. The Morgan fingerprint density at radius 1 is 0.982 bits per heavy atom. The molecule has 2 aliphatic heterocycles. The van der Waals surface area contributed by atoms with E-state index in [2.05, 4.69) is 6.58 Å². The summed E-state index contributed by atoms with van der Waals surface area (Å²) in [6.07, 6.45) is 4.20. The minimum atomic E-state index is -1.31. The van der Waals surface area contributed by atoms with Crippen molar-refractivity contribution < 1.29 is 29.0 Å².